The van der Waals surface area contributed by atoms with Crippen LogP contribution in [0.15, 0.2) is 10.4 Å². The second kappa shape index (κ2) is 20.1. The number of aromatic nitrogens is 1. The van der Waals surface area contributed by atoms with Crippen molar-refractivity contribution in [3.63, 3.8) is 0 Å². The van der Waals surface area contributed by atoms with E-state index in [1.165, 1.54) is 11.3 Å². The number of rotatable bonds is 11. The first-order valence-corrected chi connectivity index (χ1v) is 18.0. The van der Waals surface area contributed by atoms with Gasteiger partial charge in [-0.05, 0) is 87.5 Å². The van der Waals surface area contributed by atoms with Crippen LogP contribution in [0, 0.1) is 17.3 Å². The van der Waals surface area contributed by atoms with E-state index in [4.69, 9.17) is 19.6 Å². The van der Waals surface area contributed by atoms with Gasteiger partial charge in [-0.1, -0.05) is 41.1 Å². The maximum atomic E-state index is 13.5. The van der Waals surface area contributed by atoms with Crippen LogP contribution >= 0.6 is 27.3 Å². The van der Waals surface area contributed by atoms with E-state index in [0.717, 1.165) is 40.8 Å². The Bertz CT molecular complexity index is 1380. The molecule has 49 heavy (non-hydrogen) atoms. The summed E-state index contributed by atoms with van der Waals surface area (Å²) in [6.07, 6.45) is 0.528. The summed E-state index contributed by atoms with van der Waals surface area (Å²) < 4.78 is 16.1. The molecule has 0 radical (unpaired) electrons. The van der Waals surface area contributed by atoms with Crippen LogP contribution in [0.4, 0.5) is 19.2 Å². The van der Waals surface area contributed by atoms with Crippen LogP contribution in [0.5, 0.6) is 0 Å². The Labute approximate surface area is 302 Å². The number of halogens is 1. The fourth-order valence-electron chi connectivity index (χ4n) is 3.78. The molecule has 0 aliphatic heterocycles. The van der Waals surface area contributed by atoms with Gasteiger partial charge in [0.1, 0.15) is 22.5 Å². The number of nitrogens with one attached hydrogen (secondary N) is 2. The molecule has 0 aliphatic carbocycles. The molecule has 0 atom stereocenters. The zero-order valence-electron chi connectivity index (χ0n) is 30.0. The lowest BCUT2D eigenvalue weighted by Crippen LogP contribution is -2.52. The van der Waals surface area contributed by atoms with E-state index in [2.05, 4.69) is 43.1 Å². The number of carboxylic acid groups (broad SMARTS) is 1. The minimum atomic E-state index is -1.39. The Balaban J connectivity index is 3.23. The molecule has 4 amide bonds. The van der Waals surface area contributed by atoms with Crippen LogP contribution in [0.1, 0.15) is 118 Å². The minimum Gasteiger partial charge on any atom is -0.465 e. The molecule has 1 rings (SSSR count). The SMILES string of the molecule is CC(C)(C)OC(=O)N=C(N(CCCCCCCBr)C(=O)O)N(CCCC#Cc1nc(C(=N)NC(=O)OC(C)(C)C)cs1)C(=O)OC(C)(C)C. The fourth-order valence-corrected chi connectivity index (χ4v) is 4.85. The van der Waals surface area contributed by atoms with Gasteiger partial charge in [0.05, 0.1) is 0 Å². The number of amidine groups is 1. The number of unbranched alkanes of at least 4 members (excludes halogenated alkanes) is 5. The highest BCUT2D eigenvalue weighted by molar-refractivity contribution is 9.09. The number of guanidine groups is 1. The van der Waals surface area contributed by atoms with Crippen molar-refractivity contribution in [2.45, 2.75) is 124 Å². The highest BCUT2D eigenvalue weighted by Crippen LogP contribution is 2.17. The van der Waals surface area contributed by atoms with Crippen molar-refractivity contribution in [2.24, 2.45) is 4.99 Å². The molecule has 1 aromatic rings. The summed E-state index contributed by atoms with van der Waals surface area (Å²) in [5.74, 6) is 5.22. The molecule has 1 heterocycles. The van der Waals surface area contributed by atoms with Gasteiger partial charge in [-0.2, -0.15) is 0 Å². The van der Waals surface area contributed by atoms with Crippen molar-refractivity contribution < 1.29 is 38.5 Å². The highest BCUT2D eigenvalue weighted by Gasteiger charge is 2.33. The lowest BCUT2D eigenvalue weighted by Gasteiger charge is -2.32. The molecule has 0 aliphatic rings. The number of carbonyl (C=O) groups is 4. The number of aliphatic imine (C=N–C) groups is 1. The lowest BCUT2D eigenvalue weighted by molar-refractivity contribution is 0.0347. The first-order chi connectivity index (χ1) is 22.6. The molecule has 0 saturated heterocycles. The molecule has 0 aromatic carbocycles. The standard InChI is InChI=1S/C33H51BrN6O8S/c1-31(2,3)46-27(41)37-25(35)23-22-49-24(36-23)18-14-13-17-21-40(30(45)48-33(7,8)9)26(38-28(42)47-32(4,5)6)39(29(43)44)20-16-12-10-11-15-19-34/h22H,10-13,15-17,19-21H2,1-9H3,(H,43,44)(H2,35,37,41). The first-order valence-electron chi connectivity index (χ1n) is 16.0. The molecular weight excluding hydrogens is 720 g/mol. The molecule has 0 saturated carbocycles. The van der Waals surface area contributed by atoms with Gasteiger partial charge in [0, 0.05) is 30.2 Å². The van der Waals surface area contributed by atoms with E-state index in [0.29, 0.717) is 11.4 Å². The van der Waals surface area contributed by atoms with Crippen molar-refractivity contribution in [1.82, 2.24) is 20.1 Å². The van der Waals surface area contributed by atoms with Crippen molar-refractivity contribution >= 4 is 63.4 Å². The van der Waals surface area contributed by atoms with Gasteiger partial charge in [-0.15, -0.1) is 16.3 Å². The largest absolute Gasteiger partial charge is 0.465 e. The predicted molar refractivity (Wildman–Crippen MR) is 193 cm³/mol. The summed E-state index contributed by atoms with van der Waals surface area (Å²) in [7, 11) is 0. The molecule has 0 bridgehead atoms. The number of hydrogen-bond acceptors (Lipinski definition) is 10. The van der Waals surface area contributed by atoms with Gasteiger partial charge in [0.15, 0.2) is 10.8 Å². The number of amides is 4. The van der Waals surface area contributed by atoms with Crippen molar-refractivity contribution in [3.8, 4) is 11.8 Å². The summed E-state index contributed by atoms with van der Waals surface area (Å²) in [4.78, 5) is 61.0. The molecule has 14 nitrogen and oxygen atoms in total. The molecule has 274 valence electrons. The number of nitrogens with zero attached hydrogens (tertiary/aromatic N) is 4. The van der Waals surface area contributed by atoms with Crippen LogP contribution in [-0.4, -0.2) is 91.3 Å². The van der Waals surface area contributed by atoms with Crippen LogP contribution < -0.4 is 5.32 Å². The summed E-state index contributed by atoms with van der Waals surface area (Å²) in [5.41, 5.74) is -2.34. The average molecular weight is 772 g/mol. The summed E-state index contributed by atoms with van der Waals surface area (Å²) >= 11 is 4.59. The van der Waals surface area contributed by atoms with Crippen molar-refractivity contribution in [1.29, 1.82) is 5.41 Å². The van der Waals surface area contributed by atoms with E-state index < -0.39 is 47.1 Å². The first kappa shape index (κ1) is 43.3. The van der Waals surface area contributed by atoms with E-state index in [9.17, 15) is 24.3 Å². The van der Waals surface area contributed by atoms with Gasteiger partial charge in [0.2, 0.25) is 5.96 Å². The Hall–Kier alpha value is -3.71. The maximum Gasteiger partial charge on any atom is 0.437 e. The van der Waals surface area contributed by atoms with Gasteiger partial charge >= 0.3 is 24.4 Å². The quantitative estimate of drug-likeness (QED) is 0.0501. The molecule has 0 unspecified atom stereocenters. The number of alkyl halides is 1. The summed E-state index contributed by atoms with van der Waals surface area (Å²) in [5, 5.41) is 23.5. The van der Waals surface area contributed by atoms with Crippen molar-refractivity contribution in [3.05, 3.63) is 16.1 Å². The minimum absolute atomic E-state index is 0.00541. The molecule has 0 spiro atoms. The number of carbonyl (C=O) groups excluding carboxylic acids is 3. The number of ether oxygens (including phenoxy) is 3. The number of alkyl carbamates (subject to hydrolysis) is 1. The van der Waals surface area contributed by atoms with Gasteiger partial charge in [0.25, 0.3) is 0 Å². The molecular formula is C33H51BrN6O8S. The summed E-state index contributed by atoms with van der Waals surface area (Å²) in [6.45, 7) is 15.0. The number of thiazole rings is 1. The fraction of sp³-hybridized carbons (Fsp3) is 0.667. The van der Waals surface area contributed by atoms with Crippen molar-refractivity contribution in [2.75, 3.05) is 18.4 Å². The molecule has 0 fully saturated rings. The maximum absolute atomic E-state index is 13.5. The predicted octanol–water partition coefficient (Wildman–Crippen LogP) is 7.98. The zero-order valence-corrected chi connectivity index (χ0v) is 32.4. The van der Waals surface area contributed by atoms with Gasteiger partial charge in [-0.3, -0.25) is 10.7 Å². The molecule has 16 heteroatoms. The normalized spacial score (nSPS) is 11.9. The van der Waals surface area contributed by atoms with Crippen LogP contribution in [0.3, 0.4) is 0 Å². The van der Waals surface area contributed by atoms with Gasteiger partial charge < -0.3 is 19.3 Å². The second-order valence-corrected chi connectivity index (χ2v) is 15.5. The third kappa shape index (κ3) is 19.2. The van der Waals surface area contributed by atoms with Gasteiger partial charge in [-0.25, -0.2) is 34.0 Å². The van der Waals surface area contributed by atoms with Crippen LogP contribution in [0.2, 0.25) is 0 Å². The molecule has 1 aromatic heterocycles. The summed E-state index contributed by atoms with van der Waals surface area (Å²) in [6, 6.07) is 0. The van der Waals surface area contributed by atoms with Crippen LogP contribution in [0.25, 0.3) is 0 Å². The van der Waals surface area contributed by atoms with E-state index in [-0.39, 0.29) is 37.5 Å². The number of hydrogen-bond donors (Lipinski definition) is 3. The monoisotopic (exact) mass is 770 g/mol. The lowest BCUT2D eigenvalue weighted by atomic mass is 10.1. The zero-order chi connectivity index (χ0) is 37.4. The van der Waals surface area contributed by atoms with E-state index in [1.807, 2.05) is 0 Å². The second-order valence-electron chi connectivity index (χ2n) is 13.9. The Morgan fingerprint density at radius 2 is 1.47 bits per heavy atom. The third-order valence-electron chi connectivity index (χ3n) is 5.69. The smallest absolute Gasteiger partial charge is 0.437 e. The molecule has 3 N–H and O–H groups in total. The highest BCUT2D eigenvalue weighted by atomic mass is 79.9. The Morgan fingerprint density at radius 3 is 2.04 bits per heavy atom. The topological polar surface area (TPSA) is 184 Å². The Kier molecular flexibility index (Phi) is 17.8. The Morgan fingerprint density at radius 1 is 0.898 bits per heavy atom. The van der Waals surface area contributed by atoms with E-state index >= 15 is 0 Å². The van der Waals surface area contributed by atoms with E-state index in [1.54, 1.807) is 67.7 Å². The van der Waals surface area contributed by atoms with Crippen LogP contribution in [-0.2, 0) is 14.2 Å². The average Bonchev–Trinajstić information content (AvgIpc) is 3.40. The third-order valence-corrected chi connectivity index (χ3v) is 7.01.